The van der Waals surface area contributed by atoms with Crippen LogP contribution in [0.15, 0.2) is 22.7 Å². The molecule has 1 saturated heterocycles. The fourth-order valence-electron chi connectivity index (χ4n) is 2.39. The first kappa shape index (κ1) is 12.8. The third kappa shape index (κ3) is 2.54. The summed E-state index contributed by atoms with van der Waals surface area (Å²) in [6, 6.07) is 4.45. The Morgan fingerprint density at radius 2 is 1.75 bits per heavy atom. The van der Waals surface area contributed by atoms with Crippen molar-refractivity contribution in [2.45, 2.75) is 25.7 Å². The smallest absolute Gasteiger partial charge is 0.266 e. The molecule has 0 aliphatic carbocycles. The van der Waals surface area contributed by atoms with Gasteiger partial charge in [-0.15, -0.1) is 0 Å². The van der Waals surface area contributed by atoms with Gasteiger partial charge in [0.1, 0.15) is 0 Å². The fraction of sp³-hybridized carbons (Fsp3) is 0.429. The highest BCUT2D eigenvalue weighted by Gasteiger charge is 2.17. The quantitative estimate of drug-likeness (QED) is 0.819. The van der Waals surface area contributed by atoms with Crippen LogP contribution in [0, 0.1) is 0 Å². The first-order valence-electron chi connectivity index (χ1n) is 6.85. The molecule has 1 aliphatic rings. The highest BCUT2D eigenvalue weighted by Crippen LogP contribution is 2.30. The number of hydrogen-bond acceptors (Lipinski definition) is 6. The van der Waals surface area contributed by atoms with E-state index >= 15 is 0 Å². The van der Waals surface area contributed by atoms with Gasteiger partial charge in [-0.1, -0.05) is 12.8 Å². The average Bonchev–Trinajstić information content (AvgIpc) is 2.78. The van der Waals surface area contributed by atoms with Gasteiger partial charge in [0, 0.05) is 18.7 Å². The van der Waals surface area contributed by atoms with E-state index in [1.54, 1.807) is 6.07 Å². The first-order chi connectivity index (χ1) is 9.74. The van der Waals surface area contributed by atoms with Crippen molar-refractivity contribution in [1.82, 2.24) is 10.1 Å². The third-order valence-corrected chi connectivity index (χ3v) is 3.53. The molecule has 2 N–H and O–H groups in total. The van der Waals surface area contributed by atoms with E-state index in [4.69, 9.17) is 4.52 Å². The van der Waals surface area contributed by atoms with Crippen LogP contribution in [-0.2, 0) is 0 Å². The Bertz CT molecular complexity index is 589. The molecule has 0 bridgehead atoms. The van der Waals surface area contributed by atoms with Gasteiger partial charge in [-0.2, -0.15) is 4.98 Å². The standard InChI is InChI=1S/C14H17N3O3/c18-11-6-5-10(9-12(11)19)13-15-14(16-20-13)17-7-3-1-2-4-8-17/h5-6,9,18-19H,1-4,7-8H2. The molecule has 0 spiro atoms. The van der Waals surface area contributed by atoms with E-state index < -0.39 is 0 Å². The highest BCUT2D eigenvalue weighted by molar-refractivity contribution is 5.59. The molecule has 1 aromatic carbocycles. The van der Waals surface area contributed by atoms with Crippen LogP contribution in [0.25, 0.3) is 11.5 Å². The molecular weight excluding hydrogens is 258 g/mol. The molecule has 2 heterocycles. The van der Waals surface area contributed by atoms with Crippen LogP contribution >= 0.6 is 0 Å². The molecule has 1 fully saturated rings. The highest BCUT2D eigenvalue weighted by atomic mass is 16.5. The second kappa shape index (κ2) is 5.40. The van der Waals surface area contributed by atoms with Crippen molar-refractivity contribution < 1.29 is 14.7 Å². The van der Waals surface area contributed by atoms with Crippen molar-refractivity contribution in [1.29, 1.82) is 0 Å². The molecule has 6 nitrogen and oxygen atoms in total. The molecule has 3 rings (SSSR count). The number of hydrogen-bond donors (Lipinski definition) is 2. The maximum atomic E-state index is 9.50. The minimum Gasteiger partial charge on any atom is -0.504 e. The second-order valence-corrected chi connectivity index (χ2v) is 5.00. The van der Waals surface area contributed by atoms with Crippen molar-refractivity contribution in [3.63, 3.8) is 0 Å². The minimum absolute atomic E-state index is 0.166. The Labute approximate surface area is 116 Å². The number of phenolic OH excluding ortho intramolecular Hbond substituents is 2. The number of aromatic hydroxyl groups is 2. The van der Waals surface area contributed by atoms with Crippen LogP contribution in [0.3, 0.4) is 0 Å². The zero-order valence-corrected chi connectivity index (χ0v) is 11.1. The Morgan fingerprint density at radius 1 is 1.00 bits per heavy atom. The summed E-state index contributed by atoms with van der Waals surface area (Å²) in [5.74, 6) is 0.576. The lowest BCUT2D eigenvalue weighted by molar-refractivity contribution is 0.402. The number of phenols is 2. The molecular formula is C14H17N3O3. The van der Waals surface area contributed by atoms with Crippen LogP contribution in [0.2, 0.25) is 0 Å². The van der Waals surface area contributed by atoms with Gasteiger partial charge in [-0.25, -0.2) is 0 Å². The second-order valence-electron chi connectivity index (χ2n) is 5.00. The zero-order chi connectivity index (χ0) is 13.9. The largest absolute Gasteiger partial charge is 0.504 e. The monoisotopic (exact) mass is 275 g/mol. The number of aromatic nitrogens is 2. The maximum Gasteiger partial charge on any atom is 0.266 e. The van der Waals surface area contributed by atoms with Gasteiger partial charge in [0.15, 0.2) is 11.5 Å². The SMILES string of the molecule is Oc1ccc(-c2nc(N3CCCCCC3)no2)cc1O. The summed E-state index contributed by atoms with van der Waals surface area (Å²) < 4.78 is 5.24. The molecule has 0 unspecified atom stereocenters. The molecule has 0 radical (unpaired) electrons. The van der Waals surface area contributed by atoms with Crippen molar-refractivity contribution >= 4 is 5.95 Å². The maximum absolute atomic E-state index is 9.50. The lowest BCUT2D eigenvalue weighted by atomic mass is 10.2. The van der Waals surface area contributed by atoms with Gasteiger partial charge in [-0.3, -0.25) is 0 Å². The first-order valence-corrected chi connectivity index (χ1v) is 6.85. The predicted octanol–water partition coefficient (Wildman–Crippen LogP) is 2.53. The van der Waals surface area contributed by atoms with Gasteiger partial charge in [0.2, 0.25) is 0 Å². The van der Waals surface area contributed by atoms with Crippen molar-refractivity contribution in [2.75, 3.05) is 18.0 Å². The number of anilines is 1. The Kier molecular flexibility index (Phi) is 3.45. The van der Waals surface area contributed by atoms with Crippen LogP contribution in [0.5, 0.6) is 11.5 Å². The Balaban J connectivity index is 1.83. The van der Waals surface area contributed by atoms with Gasteiger partial charge in [-0.05, 0) is 36.2 Å². The van der Waals surface area contributed by atoms with Gasteiger partial charge in [0.05, 0.1) is 0 Å². The summed E-state index contributed by atoms with van der Waals surface area (Å²) in [5.41, 5.74) is 0.592. The molecule has 2 aromatic rings. The van der Waals surface area contributed by atoms with Gasteiger partial charge < -0.3 is 19.6 Å². The minimum atomic E-state index is -0.197. The van der Waals surface area contributed by atoms with Crippen molar-refractivity contribution in [3.05, 3.63) is 18.2 Å². The van der Waals surface area contributed by atoms with Crippen LogP contribution in [-0.4, -0.2) is 33.4 Å². The van der Waals surface area contributed by atoms with E-state index in [9.17, 15) is 10.2 Å². The average molecular weight is 275 g/mol. The Morgan fingerprint density at radius 3 is 2.45 bits per heavy atom. The van der Waals surface area contributed by atoms with Crippen molar-refractivity contribution in [2.24, 2.45) is 0 Å². The van der Waals surface area contributed by atoms with E-state index in [2.05, 4.69) is 15.0 Å². The molecule has 20 heavy (non-hydrogen) atoms. The molecule has 0 amide bonds. The van der Waals surface area contributed by atoms with Crippen molar-refractivity contribution in [3.8, 4) is 23.0 Å². The fourth-order valence-corrected chi connectivity index (χ4v) is 2.39. The summed E-state index contributed by atoms with van der Waals surface area (Å²) >= 11 is 0. The van der Waals surface area contributed by atoms with E-state index in [1.165, 1.54) is 25.0 Å². The van der Waals surface area contributed by atoms with Gasteiger partial charge >= 0.3 is 0 Å². The third-order valence-electron chi connectivity index (χ3n) is 3.53. The molecule has 1 aliphatic heterocycles. The van der Waals surface area contributed by atoms with Gasteiger partial charge in [0.25, 0.3) is 11.8 Å². The van der Waals surface area contributed by atoms with E-state index in [0.29, 0.717) is 17.4 Å². The van der Waals surface area contributed by atoms with Crippen LogP contribution in [0.1, 0.15) is 25.7 Å². The summed E-state index contributed by atoms with van der Waals surface area (Å²) in [6.45, 7) is 1.89. The van der Waals surface area contributed by atoms with Crippen LogP contribution in [0.4, 0.5) is 5.95 Å². The summed E-state index contributed by atoms with van der Waals surface area (Å²) in [4.78, 5) is 6.50. The lowest BCUT2D eigenvalue weighted by Gasteiger charge is -2.16. The summed E-state index contributed by atoms with van der Waals surface area (Å²) in [5, 5.41) is 22.8. The lowest BCUT2D eigenvalue weighted by Crippen LogP contribution is -2.24. The molecule has 106 valence electrons. The Hall–Kier alpha value is -2.24. The molecule has 0 saturated carbocycles. The van der Waals surface area contributed by atoms with Crippen LogP contribution < -0.4 is 4.90 Å². The number of benzene rings is 1. The normalized spacial score (nSPS) is 16.1. The van der Waals surface area contributed by atoms with E-state index in [0.717, 1.165) is 25.9 Å². The molecule has 1 aromatic heterocycles. The number of rotatable bonds is 2. The topological polar surface area (TPSA) is 82.6 Å². The molecule has 0 atom stereocenters. The predicted molar refractivity (Wildman–Crippen MR) is 73.7 cm³/mol. The number of nitrogens with zero attached hydrogens (tertiary/aromatic N) is 3. The summed E-state index contributed by atoms with van der Waals surface area (Å²) in [7, 11) is 0. The summed E-state index contributed by atoms with van der Waals surface area (Å²) in [6.07, 6.45) is 4.77. The van der Waals surface area contributed by atoms with E-state index in [-0.39, 0.29) is 11.5 Å². The zero-order valence-electron chi connectivity index (χ0n) is 11.1. The van der Waals surface area contributed by atoms with E-state index in [1.807, 2.05) is 0 Å². The molecule has 6 heteroatoms.